The number of nitrogens with two attached hydrogens (primary N) is 1. The maximum Gasteiger partial charge on any atom is 0.0930 e. The van der Waals surface area contributed by atoms with E-state index in [0.29, 0.717) is 13.2 Å². The van der Waals surface area contributed by atoms with Gasteiger partial charge in [-0.2, -0.15) is 0 Å². The zero-order chi connectivity index (χ0) is 15.6. The highest BCUT2D eigenvalue weighted by molar-refractivity contribution is 5.23. The van der Waals surface area contributed by atoms with Crippen LogP contribution in [-0.4, -0.2) is 45.6 Å². The van der Waals surface area contributed by atoms with Crippen LogP contribution in [0.3, 0.4) is 0 Å². The van der Waals surface area contributed by atoms with Gasteiger partial charge in [0.05, 0.1) is 30.6 Å². The molecule has 2 atom stereocenters. The number of fused-ring (bicyclic) bond motifs is 3. The predicted octanol–water partition coefficient (Wildman–Crippen LogP) is 1.13. The van der Waals surface area contributed by atoms with Gasteiger partial charge in [-0.25, -0.2) is 4.68 Å². The first-order valence-electron chi connectivity index (χ1n) is 8.34. The van der Waals surface area contributed by atoms with Gasteiger partial charge in [0, 0.05) is 19.6 Å². The van der Waals surface area contributed by atoms with Gasteiger partial charge in [-0.15, -0.1) is 5.10 Å². The average Bonchev–Trinajstić information content (AvgIpc) is 3.06. The first-order chi connectivity index (χ1) is 11.3. The Balaban J connectivity index is 1.43. The first kappa shape index (κ1) is 14.8. The van der Waals surface area contributed by atoms with Crippen LogP contribution < -0.4 is 5.73 Å². The largest absolute Gasteiger partial charge is 0.370 e. The number of rotatable bonds is 4. The number of hydrogen-bond donors (Lipinski definition) is 1. The summed E-state index contributed by atoms with van der Waals surface area (Å²) in [6.07, 6.45) is 4.08. The SMILES string of the molecule is NCCc1ccc(CN2CC[C@H]3OCc4cnnn4[C@H]3C2)cc1. The summed E-state index contributed by atoms with van der Waals surface area (Å²) in [4.78, 5) is 2.49. The number of hydrogen-bond acceptors (Lipinski definition) is 5. The van der Waals surface area contributed by atoms with Gasteiger partial charge in [0.1, 0.15) is 0 Å². The van der Waals surface area contributed by atoms with Crippen molar-refractivity contribution in [3.8, 4) is 0 Å². The van der Waals surface area contributed by atoms with E-state index in [1.54, 1.807) is 0 Å². The molecule has 2 N–H and O–H groups in total. The summed E-state index contributed by atoms with van der Waals surface area (Å²) in [6, 6.07) is 9.10. The fraction of sp³-hybridized carbons (Fsp3) is 0.529. The van der Waals surface area contributed by atoms with Crippen molar-refractivity contribution in [2.24, 2.45) is 5.73 Å². The van der Waals surface area contributed by atoms with Gasteiger partial charge in [-0.3, -0.25) is 4.90 Å². The lowest BCUT2D eigenvalue weighted by atomic mass is 9.99. The molecular formula is C17H23N5O. The second kappa shape index (κ2) is 6.39. The van der Waals surface area contributed by atoms with Crippen LogP contribution in [0.5, 0.6) is 0 Å². The molecule has 1 fully saturated rings. The molecule has 0 bridgehead atoms. The van der Waals surface area contributed by atoms with Gasteiger partial charge in [0.15, 0.2) is 0 Å². The van der Waals surface area contributed by atoms with Crippen molar-refractivity contribution in [2.75, 3.05) is 19.6 Å². The highest BCUT2D eigenvalue weighted by Crippen LogP contribution is 2.30. The third kappa shape index (κ3) is 3.02. The third-order valence-corrected chi connectivity index (χ3v) is 4.87. The van der Waals surface area contributed by atoms with Crippen LogP contribution in [0.1, 0.15) is 29.3 Å². The van der Waals surface area contributed by atoms with Crippen molar-refractivity contribution >= 4 is 0 Å². The summed E-state index contributed by atoms with van der Waals surface area (Å²) in [5.41, 5.74) is 9.34. The zero-order valence-corrected chi connectivity index (χ0v) is 13.3. The molecule has 2 aliphatic heterocycles. The van der Waals surface area contributed by atoms with E-state index in [1.807, 2.05) is 6.20 Å². The number of ether oxygens (including phenoxy) is 1. The van der Waals surface area contributed by atoms with E-state index >= 15 is 0 Å². The van der Waals surface area contributed by atoms with Gasteiger partial charge < -0.3 is 10.5 Å². The Morgan fingerprint density at radius 1 is 1.22 bits per heavy atom. The molecule has 2 aromatic rings. The van der Waals surface area contributed by atoms with E-state index in [1.165, 1.54) is 11.1 Å². The Kier molecular flexibility index (Phi) is 4.11. The minimum atomic E-state index is 0.271. The fourth-order valence-electron chi connectivity index (χ4n) is 3.62. The van der Waals surface area contributed by atoms with Gasteiger partial charge >= 0.3 is 0 Å². The van der Waals surface area contributed by atoms with E-state index in [-0.39, 0.29) is 12.1 Å². The molecule has 0 radical (unpaired) electrons. The van der Waals surface area contributed by atoms with Gasteiger partial charge in [-0.05, 0) is 30.5 Å². The molecule has 6 heteroatoms. The smallest absolute Gasteiger partial charge is 0.0930 e. The van der Waals surface area contributed by atoms with Crippen LogP contribution >= 0.6 is 0 Å². The molecule has 0 saturated carbocycles. The third-order valence-electron chi connectivity index (χ3n) is 4.87. The second-order valence-electron chi connectivity index (χ2n) is 6.47. The maximum atomic E-state index is 5.97. The van der Waals surface area contributed by atoms with Crippen LogP contribution in [0.2, 0.25) is 0 Å². The first-order valence-corrected chi connectivity index (χ1v) is 8.34. The van der Waals surface area contributed by atoms with Crippen LogP contribution in [-0.2, 0) is 24.3 Å². The topological polar surface area (TPSA) is 69.2 Å². The Morgan fingerprint density at radius 2 is 2.04 bits per heavy atom. The molecule has 0 unspecified atom stereocenters. The molecule has 0 spiro atoms. The molecule has 1 saturated heterocycles. The average molecular weight is 313 g/mol. The molecule has 6 nitrogen and oxygen atoms in total. The zero-order valence-electron chi connectivity index (χ0n) is 13.3. The minimum Gasteiger partial charge on any atom is -0.370 e. The van der Waals surface area contributed by atoms with Crippen LogP contribution in [0.25, 0.3) is 0 Å². The van der Waals surface area contributed by atoms with Crippen molar-refractivity contribution in [1.29, 1.82) is 0 Å². The number of aromatic nitrogens is 3. The van der Waals surface area contributed by atoms with E-state index in [4.69, 9.17) is 10.5 Å². The monoisotopic (exact) mass is 313 g/mol. The van der Waals surface area contributed by atoms with E-state index in [2.05, 4.69) is 44.2 Å². The summed E-state index contributed by atoms with van der Waals surface area (Å²) in [5.74, 6) is 0. The Morgan fingerprint density at radius 3 is 2.87 bits per heavy atom. The molecule has 0 amide bonds. The molecule has 23 heavy (non-hydrogen) atoms. The Hall–Kier alpha value is -1.76. The molecule has 122 valence electrons. The second-order valence-corrected chi connectivity index (χ2v) is 6.47. The van der Waals surface area contributed by atoms with Gasteiger partial charge in [-0.1, -0.05) is 29.5 Å². The van der Waals surface area contributed by atoms with Crippen molar-refractivity contribution in [3.05, 3.63) is 47.3 Å². The quantitative estimate of drug-likeness (QED) is 0.916. The molecule has 1 aromatic carbocycles. The Bertz CT molecular complexity index is 653. The highest BCUT2D eigenvalue weighted by Gasteiger charge is 2.36. The van der Waals surface area contributed by atoms with E-state index < -0.39 is 0 Å². The fourth-order valence-corrected chi connectivity index (χ4v) is 3.62. The van der Waals surface area contributed by atoms with E-state index in [0.717, 1.165) is 38.2 Å². The minimum absolute atomic E-state index is 0.271. The predicted molar refractivity (Wildman–Crippen MR) is 86.7 cm³/mol. The molecule has 3 heterocycles. The summed E-state index contributed by atoms with van der Waals surface area (Å²) >= 11 is 0. The summed E-state index contributed by atoms with van der Waals surface area (Å²) in [6.45, 7) is 4.34. The lowest BCUT2D eigenvalue weighted by molar-refractivity contribution is -0.0669. The molecule has 1 aromatic heterocycles. The number of nitrogens with zero attached hydrogens (tertiary/aromatic N) is 4. The lowest BCUT2D eigenvalue weighted by Crippen LogP contribution is -2.47. The Labute approximate surface area is 136 Å². The summed E-state index contributed by atoms with van der Waals surface area (Å²) in [5, 5.41) is 8.30. The van der Waals surface area contributed by atoms with Gasteiger partial charge in [0.2, 0.25) is 0 Å². The maximum absolute atomic E-state index is 5.97. The lowest BCUT2D eigenvalue weighted by Gasteiger charge is -2.41. The molecule has 2 aliphatic rings. The number of likely N-dealkylation sites (tertiary alicyclic amines) is 1. The standard InChI is InChI=1S/C17H23N5O/c18-7-5-13-1-3-14(4-2-13)10-21-8-6-17-16(11-21)22-15(12-23-17)9-19-20-22/h1-4,9,16-17H,5-8,10-12,18H2/t16-,17+/m0/s1. The summed E-state index contributed by atoms with van der Waals surface area (Å²) < 4.78 is 8.03. The summed E-state index contributed by atoms with van der Waals surface area (Å²) in [7, 11) is 0. The van der Waals surface area contributed by atoms with Crippen LogP contribution in [0.15, 0.2) is 30.5 Å². The number of piperidine rings is 1. The van der Waals surface area contributed by atoms with Crippen LogP contribution in [0, 0.1) is 0 Å². The van der Waals surface area contributed by atoms with Crippen molar-refractivity contribution < 1.29 is 4.74 Å². The van der Waals surface area contributed by atoms with Crippen molar-refractivity contribution in [1.82, 2.24) is 19.9 Å². The van der Waals surface area contributed by atoms with Gasteiger partial charge in [0.25, 0.3) is 0 Å². The molecule has 4 rings (SSSR count). The number of benzene rings is 1. The molecule has 0 aliphatic carbocycles. The van der Waals surface area contributed by atoms with Crippen molar-refractivity contribution in [3.63, 3.8) is 0 Å². The molecular weight excluding hydrogens is 290 g/mol. The van der Waals surface area contributed by atoms with Crippen LogP contribution in [0.4, 0.5) is 0 Å². The van der Waals surface area contributed by atoms with E-state index in [9.17, 15) is 0 Å². The normalized spacial score (nSPS) is 24.2. The highest BCUT2D eigenvalue weighted by atomic mass is 16.5. The van der Waals surface area contributed by atoms with Crippen molar-refractivity contribution in [2.45, 2.75) is 38.1 Å².